The van der Waals surface area contributed by atoms with Crippen LogP contribution in [0.4, 0.5) is 5.13 Å². The van der Waals surface area contributed by atoms with Crippen molar-refractivity contribution in [3.8, 4) is 5.75 Å². The van der Waals surface area contributed by atoms with Gasteiger partial charge >= 0.3 is 0 Å². The Morgan fingerprint density at radius 3 is 2.73 bits per heavy atom. The van der Waals surface area contributed by atoms with Gasteiger partial charge in [0.05, 0.1) is 23.9 Å². The predicted molar refractivity (Wildman–Crippen MR) is 85.6 cm³/mol. The van der Waals surface area contributed by atoms with Crippen molar-refractivity contribution >= 4 is 33.3 Å². The average molecular weight is 314 g/mol. The van der Waals surface area contributed by atoms with Crippen LogP contribution >= 0.6 is 11.3 Å². The van der Waals surface area contributed by atoms with Gasteiger partial charge in [0, 0.05) is 11.5 Å². The Hall–Kier alpha value is -2.54. The molecule has 1 amide bonds. The molecule has 1 aromatic carbocycles. The van der Waals surface area contributed by atoms with Crippen molar-refractivity contribution in [2.75, 3.05) is 12.4 Å². The number of carbonyl (C=O) groups excluding carboxylic acids is 1. The first-order valence-corrected chi connectivity index (χ1v) is 7.45. The molecule has 0 saturated carbocycles. The minimum absolute atomic E-state index is 0.237. The second-order valence-electron chi connectivity index (χ2n) is 4.76. The number of amides is 1. The van der Waals surface area contributed by atoms with Gasteiger partial charge in [0.25, 0.3) is 5.91 Å². The zero-order valence-electron chi connectivity index (χ0n) is 12.4. The van der Waals surface area contributed by atoms with E-state index in [9.17, 15) is 4.79 Å². The lowest BCUT2D eigenvalue weighted by Gasteiger charge is -2.08. The molecule has 2 aromatic heterocycles. The molecule has 0 saturated heterocycles. The summed E-state index contributed by atoms with van der Waals surface area (Å²) in [6, 6.07) is 7.39. The van der Waals surface area contributed by atoms with Gasteiger partial charge < -0.3 is 4.74 Å². The molecule has 1 N–H and O–H groups in total. The summed E-state index contributed by atoms with van der Waals surface area (Å²) in [6.45, 7) is 3.64. The molecule has 0 atom stereocenters. The van der Waals surface area contributed by atoms with Gasteiger partial charge in [-0.2, -0.15) is 0 Å². The molecule has 0 spiro atoms. The summed E-state index contributed by atoms with van der Waals surface area (Å²) in [4.78, 5) is 16.9. The molecular weight excluding hydrogens is 300 g/mol. The zero-order chi connectivity index (χ0) is 15.7. The summed E-state index contributed by atoms with van der Waals surface area (Å²) in [5.74, 6) is 0.500. The highest BCUT2D eigenvalue weighted by molar-refractivity contribution is 7.15. The standard InChI is InChI=1S/C15H14N4O2S/c1-8-12(14(20)17-15-19-18-9(2)22-15)6-10-4-5-11(21-3)7-13(10)16-8/h4-7H,1-3H3,(H,17,19,20). The van der Waals surface area contributed by atoms with Gasteiger partial charge in [-0.1, -0.05) is 11.3 Å². The Kier molecular flexibility index (Phi) is 3.72. The number of carbonyl (C=O) groups is 1. The third-order valence-corrected chi connectivity index (χ3v) is 3.96. The van der Waals surface area contributed by atoms with E-state index in [4.69, 9.17) is 4.74 Å². The molecule has 0 aliphatic carbocycles. The van der Waals surface area contributed by atoms with Crippen LogP contribution < -0.4 is 10.1 Å². The normalized spacial score (nSPS) is 10.7. The van der Waals surface area contributed by atoms with Crippen molar-refractivity contribution in [2.24, 2.45) is 0 Å². The van der Waals surface area contributed by atoms with Crippen LogP contribution in [-0.4, -0.2) is 28.2 Å². The lowest BCUT2D eigenvalue weighted by atomic mass is 10.1. The van der Waals surface area contributed by atoms with E-state index in [1.165, 1.54) is 11.3 Å². The van der Waals surface area contributed by atoms with Gasteiger partial charge in [0.2, 0.25) is 5.13 Å². The van der Waals surface area contributed by atoms with Crippen molar-refractivity contribution < 1.29 is 9.53 Å². The molecule has 0 fully saturated rings. The van der Waals surface area contributed by atoms with Gasteiger partial charge in [-0.05, 0) is 32.0 Å². The largest absolute Gasteiger partial charge is 0.497 e. The van der Waals surface area contributed by atoms with Crippen molar-refractivity contribution in [1.82, 2.24) is 15.2 Å². The zero-order valence-corrected chi connectivity index (χ0v) is 13.2. The van der Waals surface area contributed by atoms with Crippen LogP contribution in [0.3, 0.4) is 0 Å². The number of aryl methyl sites for hydroxylation is 2. The van der Waals surface area contributed by atoms with Crippen LogP contribution in [0.5, 0.6) is 5.75 Å². The molecule has 3 aromatic rings. The highest BCUT2D eigenvalue weighted by Gasteiger charge is 2.14. The fourth-order valence-corrected chi connectivity index (χ4v) is 2.70. The lowest BCUT2D eigenvalue weighted by molar-refractivity contribution is 0.102. The third kappa shape index (κ3) is 2.75. The van der Waals surface area contributed by atoms with E-state index in [0.29, 0.717) is 16.4 Å². The lowest BCUT2D eigenvalue weighted by Crippen LogP contribution is -2.14. The molecule has 7 heteroatoms. The summed E-state index contributed by atoms with van der Waals surface area (Å²) in [6.07, 6.45) is 0. The summed E-state index contributed by atoms with van der Waals surface area (Å²) >= 11 is 1.33. The Labute approximate surface area is 131 Å². The van der Waals surface area contributed by atoms with E-state index in [1.54, 1.807) is 14.0 Å². The fraction of sp³-hybridized carbons (Fsp3) is 0.200. The Morgan fingerprint density at radius 2 is 2.05 bits per heavy atom. The monoisotopic (exact) mass is 314 g/mol. The first-order chi connectivity index (χ1) is 10.6. The molecule has 0 radical (unpaired) electrons. The molecule has 0 aliphatic rings. The minimum Gasteiger partial charge on any atom is -0.497 e. The number of anilines is 1. The summed E-state index contributed by atoms with van der Waals surface area (Å²) in [5.41, 5.74) is 1.96. The molecule has 112 valence electrons. The number of aromatic nitrogens is 3. The first kappa shape index (κ1) is 14.4. The molecule has 6 nitrogen and oxygen atoms in total. The molecule has 0 unspecified atom stereocenters. The van der Waals surface area contributed by atoms with Gasteiger partial charge in [-0.25, -0.2) is 0 Å². The number of benzene rings is 1. The third-order valence-electron chi connectivity index (χ3n) is 3.21. The van der Waals surface area contributed by atoms with Crippen LogP contribution in [0.15, 0.2) is 24.3 Å². The highest BCUT2D eigenvalue weighted by Crippen LogP contribution is 2.23. The van der Waals surface area contributed by atoms with Gasteiger partial charge in [0.15, 0.2) is 0 Å². The van der Waals surface area contributed by atoms with E-state index in [0.717, 1.165) is 21.7 Å². The first-order valence-electron chi connectivity index (χ1n) is 6.63. The number of hydrogen-bond donors (Lipinski definition) is 1. The number of pyridine rings is 1. The molecule has 2 heterocycles. The van der Waals surface area contributed by atoms with E-state index in [1.807, 2.05) is 31.2 Å². The molecule has 0 bridgehead atoms. The summed E-state index contributed by atoms with van der Waals surface area (Å²) < 4.78 is 5.19. The van der Waals surface area contributed by atoms with Crippen molar-refractivity contribution in [1.29, 1.82) is 0 Å². The van der Waals surface area contributed by atoms with Crippen LogP contribution in [0.2, 0.25) is 0 Å². The van der Waals surface area contributed by atoms with Crippen LogP contribution in [0, 0.1) is 13.8 Å². The number of nitrogens with zero attached hydrogens (tertiary/aromatic N) is 3. The Bertz CT molecular complexity index is 860. The topological polar surface area (TPSA) is 77.0 Å². The minimum atomic E-state index is -0.237. The van der Waals surface area contributed by atoms with E-state index in [-0.39, 0.29) is 5.91 Å². The quantitative estimate of drug-likeness (QED) is 0.804. The number of hydrogen-bond acceptors (Lipinski definition) is 6. The average Bonchev–Trinajstić information content (AvgIpc) is 2.90. The maximum atomic E-state index is 12.4. The number of ether oxygens (including phenoxy) is 1. The smallest absolute Gasteiger partial charge is 0.259 e. The van der Waals surface area contributed by atoms with Gasteiger partial charge in [0.1, 0.15) is 10.8 Å². The Balaban J connectivity index is 1.96. The molecular formula is C15H14N4O2S. The Morgan fingerprint density at radius 1 is 1.23 bits per heavy atom. The van der Waals surface area contributed by atoms with E-state index >= 15 is 0 Å². The number of methoxy groups -OCH3 is 1. The second-order valence-corrected chi connectivity index (χ2v) is 5.94. The van der Waals surface area contributed by atoms with Crippen LogP contribution in [-0.2, 0) is 0 Å². The van der Waals surface area contributed by atoms with Gasteiger partial charge in [-0.3, -0.25) is 15.1 Å². The number of nitrogens with one attached hydrogen (secondary N) is 1. The maximum Gasteiger partial charge on any atom is 0.259 e. The highest BCUT2D eigenvalue weighted by atomic mass is 32.1. The van der Waals surface area contributed by atoms with Crippen molar-refractivity contribution in [3.05, 3.63) is 40.5 Å². The molecule has 22 heavy (non-hydrogen) atoms. The van der Waals surface area contributed by atoms with E-state index < -0.39 is 0 Å². The predicted octanol–water partition coefficient (Wildman–Crippen LogP) is 2.96. The van der Waals surface area contributed by atoms with Crippen molar-refractivity contribution in [3.63, 3.8) is 0 Å². The molecule has 0 aliphatic heterocycles. The van der Waals surface area contributed by atoms with Crippen molar-refractivity contribution in [2.45, 2.75) is 13.8 Å². The second kappa shape index (κ2) is 5.69. The van der Waals surface area contributed by atoms with E-state index in [2.05, 4.69) is 20.5 Å². The summed E-state index contributed by atoms with van der Waals surface area (Å²) in [7, 11) is 1.61. The summed E-state index contributed by atoms with van der Waals surface area (Å²) in [5, 5.41) is 12.7. The maximum absolute atomic E-state index is 12.4. The van der Waals surface area contributed by atoms with Crippen LogP contribution in [0.25, 0.3) is 10.9 Å². The molecule has 3 rings (SSSR count). The number of fused-ring (bicyclic) bond motifs is 1. The fourth-order valence-electron chi connectivity index (χ4n) is 2.11. The number of rotatable bonds is 3. The van der Waals surface area contributed by atoms with Crippen LogP contribution in [0.1, 0.15) is 21.1 Å². The van der Waals surface area contributed by atoms with Gasteiger partial charge in [-0.15, -0.1) is 10.2 Å². The SMILES string of the molecule is COc1ccc2cc(C(=O)Nc3nnc(C)s3)c(C)nc2c1.